The minimum absolute atomic E-state index is 0.195. The predicted octanol–water partition coefficient (Wildman–Crippen LogP) is 3.51. The van der Waals surface area contributed by atoms with E-state index in [9.17, 15) is 9.59 Å². The molecule has 2 rings (SSSR count). The van der Waals surface area contributed by atoms with Gasteiger partial charge in [-0.05, 0) is 46.6 Å². The van der Waals surface area contributed by atoms with Crippen molar-refractivity contribution in [1.82, 2.24) is 9.88 Å². The Kier molecular flexibility index (Phi) is 6.46. The summed E-state index contributed by atoms with van der Waals surface area (Å²) in [6.07, 6.45) is 6.05. The van der Waals surface area contributed by atoms with Crippen molar-refractivity contribution in [3.8, 4) is 0 Å². The van der Waals surface area contributed by atoms with Crippen molar-refractivity contribution in [2.75, 3.05) is 0 Å². The number of aromatic nitrogens is 1. The molecule has 5 heteroatoms. The van der Waals surface area contributed by atoms with Crippen molar-refractivity contribution in [1.29, 1.82) is 0 Å². The van der Waals surface area contributed by atoms with E-state index in [1.807, 2.05) is 26.8 Å². The summed E-state index contributed by atoms with van der Waals surface area (Å²) in [6.45, 7) is 8.36. The molecule has 1 aliphatic carbocycles. The number of hydrogen-bond donors (Lipinski definition) is 1. The Hall–Kier alpha value is -1.78. The summed E-state index contributed by atoms with van der Waals surface area (Å²) in [5.41, 5.74) is 2.46. The molecule has 0 saturated heterocycles. The van der Waals surface area contributed by atoms with Crippen LogP contribution in [0.3, 0.4) is 0 Å². The number of esters is 1. The molecule has 0 bridgehead atoms. The average molecular weight is 334 g/mol. The summed E-state index contributed by atoms with van der Waals surface area (Å²) in [6, 6.07) is 2.04. The van der Waals surface area contributed by atoms with Gasteiger partial charge in [0.15, 0.2) is 6.10 Å². The van der Waals surface area contributed by atoms with Gasteiger partial charge >= 0.3 is 5.97 Å². The average Bonchev–Trinajstić information content (AvgIpc) is 2.71. The van der Waals surface area contributed by atoms with E-state index >= 15 is 0 Å². The smallest absolute Gasteiger partial charge is 0.340 e. The Morgan fingerprint density at radius 3 is 2.42 bits per heavy atom. The van der Waals surface area contributed by atoms with E-state index in [0.29, 0.717) is 5.56 Å². The SMILES string of the molecule is CCn1c(C)cc(C(=O)O[C@@H](C)C(=O)NC2CCCCCC2)c1C. The van der Waals surface area contributed by atoms with E-state index in [2.05, 4.69) is 9.88 Å². The van der Waals surface area contributed by atoms with Gasteiger partial charge in [-0.2, -0.15) is 0 Å². The first-order chi connectivity index (χ1) is 11.4. The number of amides is 1. The van der Waals surface area contributed by atoms with Gasteiger partial charge in [-0.3, -0.25) is 4.79 Å². The number of nitrogens with one attached hydrogen (secondary N) is 1. The Morgan fingerprint density at radius 2 is 1.88 bits per heavy atom. The molecule has 0 radical (unpaired) electrons. The summed E-state index contributed by atoms with van der Waals surface area (Å²) < 4.78 is 7.46. The van der Waals surface area contributed by atoms with Gasteiger partial charge in [-0.25, -0.2) is 4.79 Å². The minimum Gasteiger partial charge on any atom is -0.449 e. The van der Waals surface area contributed by atoms with Crippen molar-refractivity contribution in [2.24, 2.45) is 0 Å². The predicted molar refractivity (Wildman–Crippen MR) is 94.1 cm³/mol. The van der Waals surface area contributed by atoms with Crippen LogP contribution in [0.25, 0.3) is 0 Å². The highest BCUT2D eigenvalue weighted by molar-refractivity contribution is 5.93. The van der Waals surface area contributed by atoms with Crippen LogP contribution in [0.1, 0.15) is 74.1 Å². The van der Waals surface area contributed by atoms with Gasteiger partial charge in [-0.15, -0.1) is 0 Å². The van der Waals surface area contributed by atoms with Gasteiger partial charge in [0.1, 0.15) is 0 Å². The summed E-state index contributed by atoms with van der Waals surface area (Å²) in [5, 5.41) is 3.04. The third-order valence-electron chi connectivity index (χ3n) is 4.96. The molecule has 1 aliphatic rings. The molecule has 1 fully saturated rings. The monoisotopic (exact) mass is 334 g/mol. The topological polar surface area (TPSA) is 60.3 Å². The van der Waals surface area contributed by atoms with E-state index in [4.69, 9.17) is 4.74 Å². The molecule has 0 aliphatic heterocycles. The number of rotatable bonds is 5. The van der Waals surface area contributed by atoms with Crippen molar-refractivity contribution >= 4 is 11.9 Å². The second-order valence-corrected chi connectivity index (χ2v) is 6.77. The van der Waals surface area contributed by atoms with Gasteiger partial charge in [0.05, 0.1) is 5.56 Å². The Labute approximate surface area is 144 Å². The molecule has 24 heavy (non-hydrogen) atoms. The van der Waals surface area contributed by atoms with E-state index < -0.39 is 12.1 Å². The van der Waals surface area contributed by atoms with Crippen LogP contribution in [0.4, 0.5) is 0 Å². The fourth-order valence-corrected chi connectivity index (χ4v) is 3.51. The van der Waals surface area contributed by atoms with Crippen LogP contribution in [0.15, 0.2) is 6.07 Å². The molecule has 0 aromatic carbocycles. The quantitative estimate of drug-likeness (QED) is 0.662. The van der Waals surface area contributed by atoms with Crippen molar-refractivity contribution in [3.63, 3.8) is 0 Å². The van der Waals surface area contributed by atoms with Gasteiger partial charge in [0, 0.05) is 24.0 Å². The van der Waals surface area contributed by atoms with Gasteiger partial charge in [0.25, 0.3) is 5.91 Å². The maximum absolute atomic E-state index is 12.4. The molecule has 5 nitrogen and oxygen atoms in total. The molecule has 1 N–H and O–H groups in total. The van der Waals surface area contributed by atoms with Crippen LogP contribution < -0.4 is 5.32 Å². The number of hydrogen-bond acceptors (Lipinski definition) is 3. The lowest BCUT2D eigenvalue weighted by molar-refractivity contribution is -0.129. The van der Waals surface area contributed by atoms with Crippen LogP contribution in [0.2, 0.25) is 0 Å². The van der Waals surface area contributed by atoms with E-state index in [1.165, 1.54) is 12.8 Å². The molecule has 1 amide bonds. The summed E-state index contributed by atoms with van der Waals surface area (Å²) >= 11 is 0. The highest BCUT2D eigenvalue weighted by Gasteiger charge is 2.24. The van der Waals surface area contributed by atoms with Crippen LogP contribution in [-0.2, 0) is 16.1 Å². The molecule has 0 spiro atoms. The zero-order chi connectivity index (χ0) is 17.7. The normalized spacial score (nSPS) is 17.2. The molecule has 1 saturated carbocycles. The summed E-state index contributed by atoms with van der Waals surface area (Å²) in [7, 11) is 0. The van der Waals surface area contributed by atoms with E-state index in [1.54, 1.807) is 6.92 Å². The highest BCUT2D eigenvalue weighted by atomic mass is 16.5. The van der Waals surface area contributed by atoms with Crippen LogP contribution in [0.5, 0.6) is 0 Å². The molecule has 1 aromatic rings. The number of nitrogens with zero attached hydrogens (tertiary/aromatic N) is 1. The van der Waals surface area contributed by atoms with Crippen molar-refractivity contribution in [2.45, 2.75) is 84.9 Å². The number of carbonyl (C=O) groups is 2. The minimum atomic E-state index is -0.773. The second kappa shape index (κ2) is 8.36. The Morgan fingerprint density at radius 1 is 1.25 bits per heavy atom. The molecule has 134 valence electrons. The highest BCUT2D eigenvalue weighted by Crippen LogP contribution is 2.18. The molecule has 1 atom stereocenters. The Bertz CT molecular complexity index is 584. The fourth-order valence-electron chi connectivity index (χ4n) is 3.51. The van der Waals surface area contributed by atoms with Crippen molar-refractivity contribution in [3.05, 3.63) is 23.0 Å². The number of ether oxygens (including phenoxy) is 1. The molecule has 0 unspecified atom stereocenters. The van der Waals surface area contributed by atoms with E-state index in [0.717, 1.165) is 43.6 Å². The standard InChI is InChI=1S/C19H30N2O3/c1-5-21-13(2)12-17(14(21)3)19(23)24-15(4)18(22)20-16-10-8-6-7-9-11-16/h12,15-16H,5-11H2,1-4H3,(H,20,22)/t15-/m0/s1. The van der Waals surface area contributed by atoms with Crippen LogP contribution >= 0.6 is 0 Å². The summed E-state index contributed by atoms with van der Waals surface area (Å²) in [5.74, 6) is -0.620. The summed E-state index contributed by atoms with van der Waals surface area (Å²) in [4.78, 5) is 24.7. The molecule has 1 aromatic heterocycles. The van der Waals surface area contributed by atoms with Gasteiger partial charge < -0.3 is 14.6 Å². The van der Waals surface area contributed by atoms with Crippen molar-refractivity contribution < 1.29 is 14.3 Å². The van der Waals surface area contributed by atoms with Crippen LogP contribution in [0, 0.1) is 13.8 Å². The first kappa shape index (κ1) is 18.6. The lowest BCUT2D eigenvalue weighted by Gasteiger charge is -2.19. The van der Waals surface area contributed by atoms with E-state index in [-0.39, 0.29) is 11.9 Å². The molecule has 1 heterocycles. The maximum Gasteiger partial charge on any atom is 0.340 e. The van der Waals surface area contributed by atoms with Gasteiger partial charge in [0.2, 0.25) is 0 Å². The van der Waals surface area contributed by atoms with Crippen LogP contribution in [-0.4, -0.2) is 28.6 Å². The number of carbonyl (C=O) groups excluding carboxylic acids is 2. The number of aryl methyl sites for hydroxylation is 1. The molecular weight excluding hydrogens is 304 g/mol. The maximum atomic E-state index is 12.4. The van der Waals surface area contributed by atoms with Gasteiger partial charge in [-0.1, -0.05) is 25.7 Å². The third-order valence-corrected chi connectivity index (χ3v) is 4.96. The molecular formula is C19H30N2O3. The zero-order valence-corrected chi connectivity index (χ0v) is 15.4. The largest absolute Gasteiger partial charge is 0.449 e. The lowest BCUT2D eigenvalue weighted by atomic mass is 10.1. The lowest BCUT2D eigenvalue weighted by Crippen LogP contribution is -2.41. The second-order valence-electron chi connectivity index (χ2n) is 6.77. The zero-order valence-electron chi connectivity index (χ0n) is 15.4. The fraction of sp³-hybridized carbons (Fsp3) is 0.684. The first-order valence-electron chi connectivity index (χ1n) is 9.12. The third kappa shape index (κ3) is 4.40. The Balaban J connectivity index is 1.94. The first-order valence-corrected chi connectivity index (χ1v) is 9.12.